The molecular formula is C8H15N3O3S. The number of hydrogen-bond donors (Lipinski definition) is 3. The van der Waals surface area contributed by atoms with E-state index in [1.165, 1.54) is 0 Å². The van der Waals surface area contributed by atoms with Gasteiger partial charge < -0.3 is 5.11 Å². The average molecular weight is 233 g/mol. The molecule has 0 aliphatic carbocycles. The van der Waals surface area contributed by atoms with Gasteiger partial charge >= 0.3 is 0 Å². The molecule has 1 aromatic heterocycles. The van der Waals surface area contributed by atoms with Crippen molar-refractivity contribution >= 4 is 10.0 Å². The van der Waals surface area contributed by atoms with Gasteiger partial charge in [0, 0.05) is 6.04 Å². The van der Waals surface area contributed by atoms with Crippen molar-refractivity contribution in [2.75, 3.05) is 0 Å². The second-order valence-corrected chi connectivity index (χ2v) is 5.21. The summed E-state index contributed by atoms with van der Waals surface area (Å²) in [7, 11) is -3.59. The van der Waals surface area contributed by atoms with E-state index in [0.717, 1.165) is 0 Å². The highest BCUT2D eigenvalue weighted by Gasteiger charge is 2.24. The number of aromatic nitrogens is 2. The summed E-state index contributed by atoms with van der Waals surface area (Å²) < 4.78 is 26.1. The first kappa shape index (κ1) is 12.2. The van der Waals surface area contributed by atoms with E-state index >= 15 is 0 Å². The third-order valence-electron chi connectivity index (χ3n) is 1.77. The third kappa shape index (κ3) is 2.55. The minimum atomic E-state index is -3.59. The number of H-pyrrole nitrogens is 1. The Bertz CT molecular complexity index is 436. The molecular weight excluding hydrogens is 218 g/mol. The SMILES string of the molecule is Cc1[nH]nc(CO)c1S(=O)(=O)NC(C)C. The predicted molar refractivity (Wildman–Crippen MR) is 54.7 cm³/mol. The summed E-state index contributed by atoms with van der Waals surface area (Å²) in [6.45, 7) is 4.65. The van der Waals surface area contributed by atoms with Crippen molar-refractivity contribution in [3.8, 4) is 0 Å². The van der Waals surface area contributed by atoms with Crippen LogP contribution in [0.15, 0.2) is 4.90 Å². The summed E-state index contributed by atoms with van der Waals surface area (Å²) in [5, 5.41) is 15.2. The van der Waals surface area contributed by atoms with Gasteiger partial charge in [-0.15, -0.1) is 0 Å². The molecule has 0 saturated heterocycles. The van der Waals surface area contributed by atoms with Crippen LogP contribution < -0.4 is 4.72 Å². The second kappa shape index (κ2) is 4.30. The molecule has 0 atom stereocenters. The number of nitrogens with zero attached hydrogens (tertiary/aromatic N) is 1. The van der Waals surface area contributed by atoms with Gasteiger partial charge in [-0.05, 0) is 20.8 Å². The number of aromatic amines is 1. The Morgan fingerprint density at radius 1 is 1.53 bits per heavy atom. The minimum absolute atomic E-state index is 0.0405. The smallest absolute Gasteiger partial charge is 0.244 e. The van der Waals surface area contributed by atoms with Crippen molar-refractivity contribution in [1.29, 1.82) is 0 Å². The van der Waals surface area contributed by atoms with Crippen molar-refractivity contribution in [1.82, 2.24) is 14.9 Å². The van der Waals surface area contributed by atoms with Crippen molar-refractivity contribution in [3.05, 3.63) is 11.4 Å². The highest BCUT2D eigenvalue weighted by molar-refractivity contribution is 7.89. The Balaban J connectivity index is 3.20. The zero-order valence-electron chi connectivity index (χ0n) is 8.90. The summed E-state index contributed by atoms with van der Waals surface area (Å²) in [5.41, 5.74) is 0.563. The number of aryl methyl sites for hydroxylation is 1. The normalized spacial score (nSPS) is 12.3. The molecule has 0 fully saturated rings. The number of sulfonamides is 1. The topological polar surface area (TPSA) is 95.1 Å². The van der Waals surface area contributed by atoms with E-state index in [1.54, 1.807) is 20.8 Å². The van der Waals surface area contributed by atoms with Gasteiger partial charge in [0.1, 0.15) is 10.6 Å². The van der Waals surface area contributed by atoms with Crippen molar-refractivity contribution in [2.24, 2.45) is 0 Å². The van der Waals surface area contributed by atoms with E-state index in [4.69, 9.17) is 5.11 Å². The summed E-state index contributed by atoms with van der Waals surface area (Å²) in [6.07, 6.45) is 0. The van der Waals surface area contributed by atoms with Gasteiger partial charge in [0.15, 0.2) is 0 Å². The lowest BCUT2D eigenvalue weighted by molar-refractivity contribution is 0.273. The fraction of sp³-hybridized carbons (Fsp3) is 0.625. The first-order valence-corrected chi connectivity index (χ1v) is 6.04. The number of rotatable bonds is 4. The fourth-order valence-corrected chi connectivity index (χ4v) is 2.91. The van der Waals surface area contributed by atoms with Crippen LogP contribution in [0, 0.1) is 6.92 Å². The van der Waals surface area contributed by atoms with Gasteiger partial charge in [-0.2, -0.15) is 5.10 Å². The van der Waals surface area contributed by atoms with E-state index < -0.39 is 16.6 Å². The summed E-state index contributed by atoms with van der Waals surface area (Å²) in [5.74, 6) is 0. The molecule has 0 radical (unpaired) electrons. The maximum Gasteiger partial charge on any atom is 0.244 e. The molecule has 6 nitrogen and oxygen atoms in total. The van der Waals surface area contributed by atoms with Crippen LogP contribution in [0.3, 0.4) is 0 Å². The van der Waals surface area contributed by atoms with Crippen LogP contribution in [-0.4, -0.2) is 29.8 Å². The average Bonchev–Trinajstić information content (AvgIpc) is 2.44. The van der Waals surface area contributed by atoms with E-state index in [1.807, 2.05) is 0 Å². The molecule has 1 aromatic rings. The molecule has 1 rings (SSSR count). The Morgan fingerprint density at radius 2 is 2.13 bits per heavy atom. The molecule has 0 unspecified atom stereocenters. The van der Waals surface area contributed by atoms with Crippen LogP contribution in [-0.2, 0) is 16.6 Å². The molecule has 0 spiro atoms. The molecule has 15 heavy (non-hydrogen) atoms. The number of hydrogen-bond acceptors (Lipinski definition) is 4. The zero-order chi connectivity index (χ0) is 11.6. The fourth-order valence-electron chi connectivity index (χ4n) is 1.30. The van der Waals surface area contributed by atoms with E-state index in [2.05, 4.69) is 14.9 Å². The molecule has 1 heterocycles. The molecule has 0 aromatic carbocycles. The minimum Gasteiger partial charge on any atom is -0.390 e. The Hall–Kier alpha value is -0.920. The monoisotopic (exact) mass is 233 g/mol. The van der Waals surface area contributed by atoms with E-state index in [9.17, 15) is 8.42 Å². The maximum absolute atomic E-state index is 11.8. The third-order valence-corrected chi connectivity index (χ3v) is 3.63. The Labute approximate surface area is 88.8 Å². The summed E-state index contributed by atoms with van der Waals surface area (Å²) >= 11 is 0. The summed E-state index contributed by atoms with van der Waals surface area (Å²) in [4.78, 5) is 0.0405. The molecule has 86 valence electrons. The highest BCUT2D eigenvalue weighted by atomic mass is 32.2. The van der Waals surface area contributed by atoms with Crippen LogP contribution in [0.4, 0.5) is 0 Å². The molecule has 0 bridgehead atoms. The second-order valence-electron chi connectivity index (χ2n) is 3.56. The zero-order valence-corrected chi connectivity index (χ0v) is 9.72. The largest absolute Gasteiger partial charge is 0.390 e. The quantitative estimate of drug-likeness (QED) is 0.676. The molecule has 0 amide bonds. The molecule has 0 aliphatic rings. The van der Waals surface area contributed by atoms with Crippen molar-refractivity contribution in [3.63, 3.8) is 0 Å². The van der Waals surface area contributed by atoms with Crippen LogP contribution in [0.5, 0.6) is 0 Å². The van der Waals surface area contributed by atoms with Gasteiger partial charge in [-0.1, -0.05) is 0 Å². The Morgan fingerprint density at radius 3 is 2.60 bits per heavy atom. The van der Waals surface area contributed by atoms with Gasteiger partial charge in [-0.25, -0.2) is 13.1 Å². The number of nitrogens with one attached hydrogen (secondary N) is 2. The Kier molecular flexibility index (Phi) is 3.48. The molecule has 0 aliphatic heterocycles. The lowest BCUT2D eigenvalue weighted by Crippen LogP contribution is -2.31. The maximum atomic E-state index is 11.8. The standard InChI is InChI=1S/C8H15N3O3S/c1-5(2)11-15(13,14)8-6(3)9-10-7(8)4-12/h5,11-12H,4H2,1-3H3,(H,9,10). The highest BCUT2D eigenvalue weighted by Crippen LogP contribution is 2.17. The van der Waals surface area contributed by atoms with E-state index in [-0.39, 0.29) is 16.6 Å². The van der Waals surface area contributed by atoms with Crippen LogP contribution in [0.1, 0.15) is 25.2 Å². The van der Waals surface area contributed by atoms with Crippen LogP contribution >= 0.6 is 0 Å². The van der Waals surface area contributed by atoms with Crippen molar-refractivity contribution in [2.45, 2.75) is 38.3 Å². The van der Waals surface area contributed by atoms with Crippen LogP contribution in [0.2, 0.25) is 0 Å². The molecule has 0 saturated carbocycles. The first-order valence-electron chi connectivity index (χ1n) is 4.55. The number of aliphatic hydroxyl groups is 1. The van der Waals surface area contributed by atoms with Gasteiger partial charge in [-0.3, -0.25) is 5.10 Å². The van der Waals surface area contributed by atoms with E-state index in [0.29, 0.717) is 5.69 Å². The van der Waals surface area contributed by atoms with Gasteiger partial charge in [0.25, 0.3) is 0 Å². The van der Waals surface area contributed by atoms with Crippen molar-refractivity contribution < 1.29 is 13.5 Å². The lowest BCUT2D eigenvalue weighted by Gasteiger charge is -2.09. The predicted octanol–water partition coefficient (Wildman–Crippen LogP) is -0.103. The summed E-state index contributed by atoms with van der Waals surface area (Å²) in [6, 6.07) is -0.198. The number of aliphatic hydroxyl groups excluding tert-OH is 1. The van der Waals surface area contributed by atoms with Gasteiger partial charge in [0.2, 0.25) is 10.0 Å². The molecule has 7 heteroatoms. The lowest BCUT2D eigenvalue weighted by atomic mass is 10.4. The first-order chi connectivity index (χ1) is 6.88. The van der Waals surface area contributed by atoms with Crippen LogP contribution in [0.25, 0.3) is 0 Å². The molecule has 3 N–H and O–H groups in total. The van der Waals surface area contributed by atoms with Gasteiger partial charge in [0.05, 0.1) is 12.3 Å².